The lowest BCUT2D eigenvalue weighted by molar-refractivity contribution is -0.132. The van der Waals surface area contributed by atoms with E-state index in [9.17, 15) is 4.79 Å². The van der Waals surface area contributed by atoms with Gasteiger partial charge in [0.1, 0.15) is 0 Å². The Morgan fingerprint density at radius 1 is 1.16 bits per heavy atom. The van der Waals surface area contributed by atoms with Gasteiger partial charge in [-0.3, -0.25) is 9.89 Å². The van der Waals surface area contributed by atoms with E-state index in [1.165, 1.54) is 38.8 Å². The highest BCUT2D eigenvalue weighted by Crippen LogP contribution is 2.29. The first-order valence-corrected chi connectivity index (χ1v) is 12.2. The summed E-state index contributed by atoms with van der Waals surface area (Å²) >= 11 is 0. The summed E-state index contributed by atoms with van der Waals surface area (Å²) in [6.07, 6.45) is 9.11. The molecule has 1 unspecified atom stereocenters. The second-order valence-electron chi connectivity index (χ2n) is 9.54. The summed E-state index contributed by atoms with van der Waals surface area (Å²) in [5, 5.41) is 11.8. The van der Waals surface area contributed by atoms with Gasteiger partial charge in [0, 0.05) is 37.2 Å². The number of anilines is 1. The fourth-order valence-electron chi connectivity index (χ4n) is 4.95. The van der Waals surface area contributed by atoms with Crippen molar-refractivity contribution >= 4 is 22.8 Å². The Balaban J connectivity index is 1.31. The molecule has 2 saturated heterocycles. The van der Waals surface area contributed by atoms with Crippen LogP contribution < -0.4 is 5.32 Å². The molecule has 2 aliphatic rings. The average molecular weight is 427 g/mol. The van der Waals surface area contributed by atoms with Gasteiger partial charge in [-0.25, -0.2) is 4.98 Å². The molecule has 4 rings (SSSR count). The lowest BCUT2D eigenvalue weighted by atomic mass is 9.93. The lowest BCUT2D eigenvalue weighted by Gasteiger charge is -2.33. The number of carbonyl (C=O) groups excluding carboxylic acids is 1. The summed E-state index contributed by atoms with van der Waals surface area (Å²) in [6, 6.07) is 4.54. The molecule has 1 atom stereocenters. The molecule has 2 N–H and O–H groups in total. The van der Waals surface area contributed by atoms with Crippen molar-refractivity contribution in [3.8, 4) is 0 Å². The fraction of sp³-hybridized carbons (Fsp3) is 0.708. The predicted molar refractivity (Wildman–Crippen MR) is 125 cm³/mol. The highest BCUT2D eigenvalue weighted by Gasteiger charge is 2.26. The number of piperidine rings is 1. The number of carbonyl (C=O) groups is 1. The van der Waals surface area contributed by atoms with Crippen LogP contribution in [0.15, 0.2) is 12.1 Å². The van der Waals surface area contributed by atoms with Gasteiger partial charge >= 0.3 is 0 Å². The van der Waals surface area contributed by atoms with Crippen LogP contribution in [0.5, 0.6) is 0 Å². The lowest BCUT2D eigenvalue weighted by Crippen LogP contribution is -2.39. The molecule has 0 aromatic carbocycles. The number of fused-ring (bicyclic) bond motifs is 1. The molecular formula is C24H38N6O. The summed E-state index contributed by atoms with van der Waals surface area (Å²) in [5.74, 6) is 1.47. The van der Waals surface area contributed by atoms with Crippen molar-refractivity contribution in [1.29, 1.82) is 0 Å². The molecular weight excluding hydrogens is 388 g/mol. The van der Waals surface area contributed by atoms with Crippen LogP contribution >= 0.6 is 0 Å². The largest absolute Gasteiger partial charge is 0.366 e. The maximum absolute atomic E-state index is 12.9. The Kier molecular flexibility index (Phi) is 7.43. The SMILES string of the molecule is CC(C)Nc1n[nH]c2nc(C3CCCN(C(=O)CCCN4CCCCCC4)C3)ccc12. The zero-order chi connectivity index (χ0) is 21.6. The highest BCUT2D eigenvalue weighted by molar-refractivity contribution is 5.87. The molecule has 2 aliphatic heterocycles. The topological polar surface area (TPSA) is 77.1 Å². The van der Waals surface area contributed by atoms with Crippen LogP contribution in [0.1, 0.15) is 76.8 Å². The minimum atomic E-state index is 0.303. The first kappa shape index (κ1) is 22.1. The maximum atomic E-state index is 12.9. The number of rotatable bonds is 7. The molecule has 7 heteroatoms. The van der Waals surface area contributed by atoms with Gasteiger partial charge in [0.15, 0.2) is 11.5 Å². The third-order valence-electron chi connectivity index (χ3n) is 6.63. The van der Waals surface area contributed by atoms with Crippen molar-refractivity contribution in [3.63, 3.8) is 0 Å². The molecule has 7 nitrogen and oxygen atoms in total. The van der Waals surface area contributed by atoms with Gasteiger partial charge in [-0.1, -0.05) is 12.8 Å². The standard InChI is InChI=1S/C24H38N6O/c1-18(2)25-23-20-11-12-21(26-24(20)28-27-23)19-9-7-16-30(17-19)22(31)10-8-15-29-13-5-3-4-6-14-29/h11-12,18-19H,3-10,13-17H2,1-2H3,(H2,25,26,27,28). The van der Waals surface area contributed by atoms with Gasteiger partial charge in [-0.15, -0.1) is 0 Å². The zero-order valence-electron chi connectivity index (χ0n) is 19.2. The summed E-state index contributed by atoms with van der Waals surface area (Å²) < 4.78 is 0. The third kappa shape index (κ3) is 5.76. The summed E-state index contributed by atoms with van der Waals surface area (Å²) in [4.78, 5) is 22.3. The smallest absolute Gasteiger partial charge is 0.222 e. The predicted octanol–water partition coefficient (Wildman–Crippen LogP) is 4.14. The van der Waals surface area contributed by atoms with E-state index < -0.39 is 0 Å². The van der Waals surface area contributed by atoms with Gasteiger partial charge in [0.25, 0.3) is 0 Å². The van der Waals surface area contributed by atoms with Crippen molar-refractivity contribution in [1.82, 2.24) is 25.0 Å². The van der Waals surface area contributed by atoms with Crippen molar-refractivity contribution < 1.29 is 4.79 Å². The highest BCUT2D eigenvalue weighted by atomic mass is 16.2. The molecule has 0 radical (unpaired) electrons. The van der Waals surface area contributed by atoms with Crippen LogP contribution in [0.2, 0.25) is 0 Å². The molecule has 0 spiro atoms. The molecule has 0 bridgehead atoms. The minimum absolute atomic E-state index is 0.303. The van der Waals surface area contributed by atoms with E-state index in [-0.39, 0.29) is 0 Å². The summed E-state index contributed by atoms with van der Waals surface area (Å²) in [5.41, 5.74) is 1.89. The molecule has 170 valence electrons. The van der Waals surface area contributed by atoms with Crippen LogP contribution in [0.4, 0.5) is 5.82 Å². The minimum Gasteiger partial charge on any atom is -0.366 e. The number of hydrogen-bond donors (Lipinski definition) is 2. The Labute approximate surface area is 186 Å². The summed E-state index contributed by atoms with van der Waals surface area (Å²) in [7, 11) is 0. The van der Waals surface area contributed by atoms with Gasteiger partial charge < -0.3 is 15.1 Å². The molecule has 2 aromatic rings. The van der Waals surface area contributed by atoms with E-state index in [0.29, 0.717) is 24.3 Å². The molecule has 0 aliphatic carbocycles. The fourth-order valence-corrected chi connectivity index (χ4v) is 4.95. The van der Waals surface area contributed by atoms with Crippen LogP contribution in [0, 0.1) is 0 Å². The quantitative estimate of drug-likeness (QED) is 0.696. The van der Waals surface area contributed by atoms with Crippen LogP contribution in [0.3, 0.4) is 0 Å². The van der Waals surface area contributed by atoms with E-state index in [0.717, 1.165) is 61.4 Å². The van der Waals surface area contributed by atoms with Crippen molar-refractivity contribution in [3.05, 3.63) is 17.8 Å². The Hall–Kier alpha value is -2.15. The number of likely N-dealkylation sites (tertiary alicyclic amines) is 2. The van der Waals surface area contributed by atoms with E-state index in [4.69, 9.17) is 4.98 Å². The van der Waals surface area contributed by atoms with E-state index >= 15 is 0 Å². The third-order valence-corrected chi connectivity index (χ3v) is 6.63. The number of H-pyrrole nitrogens is 1. The number of nitrogens with one attached hydrogen (secondary N) is 2. The van der Waals surface area contributed by atoms with Gasteiger partial charge in [0.05, 0.1) is 5.39 Å². The second-order valence-corrected chi connectivity index (χ2v) is 9.54. The first-order valence-electron chi connectivity index (χ1n) is 12.2. The molecule has 31 heavy (non-hydrogen) atoms. The number of aromatic amines is 1. The van der Waals surface area contributed by atoms with Crippen LogP contribution in [-0.2, 0) is 4.79 Å². The molecule has 4 heterocycles. The molecule has 2 fully saturated rings. The average Bonchev–Trinajstić information content (AvgIpc) is 2.98. The Bertz CT molecular complexity index is 855. The molecule has 2 aromatic heterocycles. The van der Waals surface area contributed by atoms with Gasteiger partial charge in [0.2, 0.25) is 5.91 Å². The van der Waals surface area contributed by atoms with E-state index in [1.54, 1.807) is 0 Å². The van der Waals surface area contributed by atoms with Crippen molar-refractivity contribution in [2.24, 2.45) is 0 Å². The Morgan fingerprint density at radius 3 is 2.74 bits per heavy atom. The van der Waals surface area contributed by atoms with Gasteiger partial charge in [-0.2, -0.15) is 5.10 Å². The van der Waals surface area contributed by atoms with Gasteiger partial charge in [-0.05, 0) is 77.7 Å². The Morgan fingerprint density at radius 2 is 1.97 bits per heavy atom. The number of aromatic nitrogens is 3. The number of hydrogen-bond acceptors (Lipinski definition) is 5. The van der Waals surface area contributed by atoms with Crippen LogP contribution in [-0.4, -0.2) is 69.7 Å². The second kappa shape index (κ2) is 10.4. The number of nitrogens with zero attached hydrogens (tertiary/aromatic N) is 4. The molecule has 0 saturated carbocycles. The number of pyridine rings is 1. The normalized spacial score (nSPS) is 20.9. The van der Waals surface area contributed by atoms with Crippen LogP contribution in [0.25, 0.3) is 11.0 Å². The maximum Gasteiger partial charge on any atom is 0.222 e. The first-order chi connectivity index (χ1) is 15.1. The monoisotopic (exact) mass is 426 g/mol. The van der Waals surface area contributed by atoms with Crippen molar-refractivity contribution in [2.75, 3.05) is 38.0 Å². The zero-order valence-corrected chi connectivity index (χ0v) is 19.2. The number of amides is 1. The van der Waals surface area contributed by atoms with E-state index in [2.05, 4.69) is 51.3 Å². The molecule has 1 amide bonds. The summed E-state index contributed by atoms with van der Waals surface area (Å²) in [6.45, 7) is 9.34. The van der Waals surface area contributed by atoms with E-state index in [1.807, 2.05) is 0 Å². The van der Waals surface area contributed by atoms with Crippen molar-refractivity contribution in [2.45, 2.75) is 77.2 Å².